The Bertz CT molecular complexity index is 1690. The first-order valence-electron chi connectivity index (χ1n) is 11.6. The number of aryl methyl sites for hydroxylation is 3. The van der Waals surface area contributed by atoms with Gasteiger partial charge >= 0.3 is 5.69 Å². The van der Waals surface area contributed by atoms with Crippen molar-refractivity contribution in [3.05, 3.63) is 67.9 Å². The highest BCUT2D eigenvalue weighted by molar-refractivity contribution is 6.06. The minimum atomic E-state index is -0.315. The molecule has 5 aromatic rings. The fraction of sp³-hybridized carbons (Fsp3) is 0.360. The molecule has 4 aromatic heterocycles. The Labute approximate surface area is 194 Å². The standard InChI is InChI=1S/C25H26N6O3/c1-5-30-24(32)22-23(31(25(30)33)12-17-11-19(15-6-7-15)27-29(17)4)18-9-8-16(10-20(18)26-22)21-13(2)28-34-14(21)3/h8-11,15,26H,5-7,12H2,1-4H3. The summed E-state index contributed by atoms with van der Waals surface area (Å²) in [6.45, 7) is 6.23. The number of H-pyrrole nitrogens is 1. The van der Waals surface area contributed by atoms with Crippen molar-refractivity contribution in [3.63, 3.8) is 0 Å². The molecule has 0 amide bonds. The number of aromatic nitrogens is 6. The summed E-state index contributed by atoms with van der Waals surface area (Å²) in [5.41, 5.74) is 5.92. The van der Waals surface area contributed by atoms with Crippen LogP contribution in [0.25, 0.3) is 33.1 Å². The number of rotatable bonds is 5. The molecule has 9 nitrogen and oxygen atoms in total. The van der Waals surface area contributed by atoms with Crippen LogP contribution in [0.15, 0.2) is 38.4 Å². The molecule has 1 saturated carbocycles. The van der Waals surface area contributed by atoms with Gasteiger partial charge in [0.15, 0.2) is 0 Å². The first-order chi connectivity index (χ1) is 16.4. The van der Waals surface area contributed by atoms with Crippen LogP contribution in [0, 0.1) is 13.8 Å². The summed E-state index contributed by atoms with van der Waals surface area (Å²) >= 11 is 0. The molecule has 0 radical (unpaired) electrons. The second kappa shape index (κ2) is 7.31. The third-order valence-electron chi connectivity index (χ3n) is 6.91. The van der Waals surface area contributed by atoms with E-state index in [0.29, 0.717) is 30.0 Å². The minimum absolute atomic E-state index is 0.298. The lowest BCUT2D eigenvalue weighted by Gasteiger charge is -2.11. The van der Waals surface area contributed by atoms with Gasteiger partial charge in [0.05, 0.1) is 29.1 Å². The highest BCUT2D eigenvalue weighted by Gasteiger charge is 2.27. The zero-order valence-electron chi connectivity index (χ0n) is 19.7. The molecule has 9 heteroatoms. The van der Waals surface area contributed by atoms with E-state index in [1.165, 1.54) is 4.57 Å². The predicted octanol–water partition coefficient (Wildman–Crippen LogP) is 3.60. The number of hydrogen-bond acceptors (Lipinski definition) is 5. The SMILES string of the molecule is CCn1c(=O)c2[nH]c3cc(-c4c(C)noc4C)ccc3c2n(Cc2cc(C3CC3)nn2C)c1=O. The Balaban J connectivity index is 1.59. The number of nitrogens with one attached hydrogen (secondary N) is 1. The van der Waals surface area contributed by atoms with Crippen LogP contribution in [-0.2, 0) is 20.1 Å². The van der Waals surface area contributed by atoms with Gasteiger partial charge in [0.25, 0.3) is 5.56 Å². The second-order valence-electron chi connectivity index (χ2n) is 9.18. The van der Waals surface area contributed by atoms with Gasteiger partial charge in [0.1, 0.15) is 11.3 Å². The molecule has 0 saturated heterocycles. The molecule has 0 unspecified atom stereocenters. The summed E-state index contributed by atoms with van der Waals surface area (Å²) in [6.07, 6.45) is 2.33. The predicted molar refractivity (Wildman–Crippen MR) is 129 cm³/mol. The van der Waals surface area contributed by atoms with E-state index in [1.54, 1.807) is 4.57 Å². The van der Waals surface area contributed by atoms with E-state index in [-0.39, 0.29) is 11.2 Å². The van der Waals surface area contributed by atoms with Crippen molar-refractivity contribution in [2.75, 3.05) is 0 Å². The van der Waals surface area contributed by atoms with E-state index >= 15 is 0 Å². The van der Waals surface area contributed by atoms with E-state index in [2.05, 4.69) is 21.3 Å². The molecular formula is C25H26N6O3. The molecule has 34 heavy (non-hydrogen) atoms. The van der Waals surface area contributed by atoms with Crippen LogP contribution >= 0.6 is 0 Å². The molecule has 0 bridgehead atoms. The third kappa shape index (κ3) is 2.99. The Morgan fingerprint density at radius 2 is 1.94 bits per heavy atom. The first-order valence-corrected chi connectivity index (χ1v) is 11.6. The van der Waals surface area contributed by atoms with Crippen molar-refractivity contribution in [2.45, 2.75) is 52.6 Å². The molecule has 174 valence electrons. The number of benzene rings is 1. The van der Waals surface area contributed by atoms with Crippen molar-refractivity contribution in [2.24, 2.45) is 7.05 Å². The lowest BCUT2D eigenvalue weighted by atomic mass is 10.0. The Kier molecular flexibility index (Phi) is 4.45. The van der Waals surface area contributed by atoms with Gasteiger partial charge in [-0.25, -0.2) is 4.79 Å². The maximum absolute atomic E-state index is 13.4. The Morgan fingerprint density at radius 3 is 2.62 bits per heavy atom. The Morgan fingerprint density at radius 1 is 1.15 bits per heavy atom. The second-order valence-corrected chi connectivity index (χ2v) is 9.18. The van der Waals surface area contributed by atoms with Crippen molar-refractivity contribution < 1.29 is 4.52 Å². The molecule has 1 aromatic carbocycles. The van der Waals surface area contributed by atoms with E-state index < -0.39 is 0 Å². The number of nitrogens with zero attached hydrogens (tertiary/aromatic N) is 5. The summed E-state index contributed by atoms with van der Waals surface area (Å²) in [5, 5.41) is 9.54. The topological polar surface area (TPSA) is 104 Å². The van der Waals surface area contributed by atoms with Gasteiger partial charge in [0.2, 0.25) is 0 Å². The fourth-order valence-corrected chi connectivity index (χ4v) is 4.98. The maximum atomic E-state index is 13.4. The third-order valence-corrected chi connectivity index (χ3v) is 6.91. The highest BCUT2D eigenvalue weighted by atomic mass is 16.5. The van der Waals surface area contributed by atoms with Gasteiger partial charge in [-0.15, -0.1) is 0 Å². The van der Waals surface area contributed by atoms with Crippen LogP contribution in [0.2, 0.25) is 0 Å². The minimum Gasteiger partial charge on any atom is -0.361 e. The molecule has 0 atom stereocenters. The van der Waals surface area contributed by atoms with Crippen molar-refractivity contribution in [1.29, 1.82) is 0 Å². The summed E-state index contributed by atoms with van der Waals surface area (Å²) in [7, 11) is 1.91. The quantitative estimate of drug-likeness (QED) is 0.433. The summed E-state index contributed by atoms with van der Waals surface area (Å²) < 4.78 is 10.2. The molecule has 4 heterocycles. The monoisotopic (exact) mass is 458 g/mol. The number of hydrogen-bond donors (Lipinski definition) is 1. The maximum Gasteiger partial charge on any atom is 0.331 e. The average molecular weight is 459 g/mol. The molecule has 1 aliphatic carbocycles. The lowest BCUT2D eigenvalue weighted by Crippen LogP contribution is -2.40. The van der Waals surface area contributed by atoms with E-state index in [1.807, 2.05) is 50.7 Å². The van der Waals surface area contributed by atoms with Gasteiger partial charge in [0, 0.05) is 36.0 Å². The summed E-state index contributed by atoms with van der Waals surface area (Å²) in [5.74, 6) is 1.26. The van der Waals surface area contributed by atoms with E-state index in [9.17, 15) is 9.59 Å². The van der Waals surface area contributed by atoms with Gasteiger partial charge in [-0.05, 0) is 51.3 Å². The molecular weight excluding hydrogens is 432 g/mol. The zero-order chi connectivity index (χ0) is 23.7. The summed E-state index contributed by atoms with van der Waals surface area (Å²) in [4.78, 5) is 30.0. The van der Waals surface area contributed by atoms with Crippen LogP contribution < -0.4 is 11.2 Å². The zero-order valence-corrected chi connectivity index (χ0v) is 19.7. The van der Waals surface area contributed by atoms with Gasteiger partial charge in [-0.1, -0.05) is 17.3 Å². The van der Waals surface area contributed by atoms with Crippen molar-refractivity contribution >= 4 is 21.9 Å². The molecule has 1 aliphatic rings. The average Bonchev–Trinajstić information content (AvgIpc) is 3.38. The van der Waals surface area contributed by atoms with Crippen molar-refractivity contribution in [1.82, 2.24) is 29.1 Å². The Hall–Kier alpha value is -3.88. The summed E-state index contributed by atoms with van der Waals surface area (Å²) in [6, 6.07) is 8.01. The normalized spacial score (nSPS) is 14.0. The highest BCUT2D eigenvalue weighted by Crippen LogP contribution is 2.39. The molecule has 0 aliphatic heterocycles. The van der Waals surface area contributed by atoms with Crippen LogP contribution in [-0.4, -0.2) is 29.1 Å². The van der Waals surface area contributed by atoms with Crippen molar-refractivity contribution in [3.8, 4) is 11.1 Å². The molecule has 0 spiro atoms. The fourth-order valence-electron chi connectivity index (χ4n) is 4.98. The van der Waals surface area contributed by atoms with Crippen LogP contribution in [0.5, 0.6) is 0 Å². The largest absolute Gasteiger partial charge is 0.361 e. The van der Waals surface area contributed by atoms with E-state index in [4.69, 9.17) is 4.52 Å². The molecule has 6 rings (SSSR count). The van der Waals surface area contributed by atoms with Crippen LogP contribution in [0.4, 0.5) is 0 Å². The molecule has 1 fully saturated rings. The van der Waals surface area contributed by atoms with Gasteiger partial charge < -0.3 is 9.51 Å². The number of fused-ring (bicyclic) bond motifs is 3. The first kappa shape index (κ1) is 20.7. The lowest BCUT2D eigenvalue weighted by molar-refractivity contribution is 0.393. The van der Waals surface area contributed by atoms with E-state index in [0.717, 1.165) is 57.7 Å². The van der Waals surface area contributed by atoms with Crippen LogP contribution in [0.1, 0.15) is 48.5 Å². The molecule has 1 N–H and O–H groups in total. The van der Waals surface area contributed by atoms with Gasteiger partial charge in [-0.3, -0.25) is 18.6 Å². The smallest absolute Gasteiger partial charge is 0.331 e. The van der Waals surface area contributed by atoms with Crippen LogP contribution in [0.3, 0.4) is 0 Å². The number of aromatic amines is 1. The van der Waals surface area contributed by atoms with Gasteiger partial charge in [-0.2, -0.15) is 5.10 Å².